The Balaban J connectivity index is 1.43. The topological polar surface area (TPSA) is 49.6 Å². The van der Waals surface area contributed by atoms with Crippen LogP contribution in [0.3, 0.4) is 0 Å². The molecule has 5 heteroatoms. The fraction of sp³-hybridized carbons (Fsp3) is 0.474. The zero-order chi connectivity index (χ0) is 16.7. The van der Waals surface area contributed by atoms with Gasteiger partial charge in [-0.05, 0) is 44.9 Å². The molecule has 0 radical (unpaired) electrons. The molecule has 0 saturated carbocycles. The van der Waals surface area contributed by atoms with Crippen LogP contribution in [0.15, 0.2) is 28.8 Å². The van der Waals surface area contributed by atoms with Crippen molar-refractivity contribution in [2.45, 2.75) is 33.2 Å². The minimum atomic E-state index is 0.0941. The fourth-order valence-corrected chi connectivity index (χ4v) is 3.92. The van der Waals surface area contributed by atoms with Crippen LogP contribution < -0.4 is 4.90 Å². The minimum absolute atomic E-state index is 0.0941. The van der Waals surface area contributed by atoms with Gasteiger partial charge < -0.3 is 9.42 Å². The highest BCUT2D eigenvalue weighted by molar-refractivity contribution is 5.97. The molecule has 1 fully saturated rings. The zero-order valence-corrected chi connectivity index (χ0v) is 14.3. The zero-order valence-electron chi connectivity index (χ0n) is 14.3. The Kier molecular flexibility index (Phi) is 3.88. The van der Waals surface area contributed by atoms with Crippen molar-refractivity contribution in [3.8, 4) is 0 Å². The van der Waals surface area contributed by atoms with Crippen molar-refractivity contribution in [1.82, 2.24) is 10.1 Å². The number of fused-ring (bicyclic) bond motifs is 1. The Labute approximate surface area is 142 Å². The van der Waals surface area contributed by atoms with E-state index in [9.17, 15) is 4.79 Å². The van der Waals surface area contributed by atoms with Crippen LogP contribution in [0.5, 0.6) is 0 Å². The maximum Gasteiger partial charge on any atom is 0.231 e. The second kappa shape index (κ2) is 6.06. The van der Waals surface area contributed by atoms with E-state index in [1.54, 1.807) is 0 Å². The molecule has 126 valence electrons. The normalized spacial score (nSPS) is 20.6. The highest BCUT2D eigenvalue weighted by atomic mass is 16.5. The number of aryl methyl sites for hydroxylation is 2. The summed E-state index contributed by atoms with van der Waals surface area (Å²) in [6.45, 7) is 7.35. The summed E-state index contributed by atoms with van der Waals surface area (Å²) < 4.78 is 5.25. The number of amides is 1. The fourth-order valence-electron chi connectivity index (χ4n) is 3.92. The predicted octanol–water partition coefficient (Wildman–Crippen LogP) is 2.70. The molecule has 0 N–H and O–H groups in total. The molecule has 1 amide bonds. The number of anilines is 1. The molecule has 2 aliphatic rings. The lowest BCUT2D eigenvalue weighted by atomic mass is 10.1. The first kappa shape index (κ1) is 15.4. The van der Waals surface area contributed by atoms with E-state index in [2.05, 4.69) is 22.2 Å². The molecule has 1 aromatic carbocycles. The van der Waals surface area contributed by atoms with Gasteiger partial charge >= 0.3 is 0 Å². The maximum absolute atomic E-state index is 13.0. The molecular formula is C19H23N3O2. The number of aromatic nitrogens is 1. The van der Waals surface area contributed by atoms with Gasteiger partial charge in [0.1, 0.15) is 5.76 Å². The smallest absolute Gasteiger partial charge is 0.231 e. The Morgan fingerprint density at radius 3 is 2.92 bits per heavy atom. The Bertz CT molecular complexity index is 748. The van der Waals surface area contributed by atoms with Crippen molar-refractivity contribution < 1.29 is 9.32 Å². The van der Waals surface area contributed by atoms with Crippen molar-refractivity contribution in [3.63, 3.8) is 0 Å². The third-order valence-corrected chi connectivity index (χ3v) is 5.34. The number of benzene rings is 1. The molecule has 2 aliphatic heterocycles. The predicted molar refractivity (Wildman–Crippen MR) is 91.9 cm³/mol. The number of likely N-dealkylation sites (tertiary alicyclic amines) is 1. The van der Waals surface area contributed by atoms with Crippen molar-refractivity contribution in [2.24, 2.45) is 5.92 Å². The van der Waals surface area contributed by atoms with Gasteiger partial charge in [-0.2, -0.15) is 0 Å². The molecule has 1 saturated heterocycles. The average Bonchev–Trinajstić information content (AvgIpc) is 3.29. The lowest BCUT2D eigenvalue weighted by Crippen LogP contribution is -2.36. The number of nitrogens with zero attached hydrogens (tertiary/aromatic N) is 3. The third kappa shape index (κ3) is 2.63. The Hall–Kier alpha value is -2.14. The molecule has 0 spiro atoms. The first-order valence-electron chi connectivity index (χ1n) is 8.67. The largest absolute Gasteiger partial charge is 0.361 e. The third-order valence-electron chi connectivity index (χ3n) is 5.34. The lowest BCUT2D eigenvalue weighted by molar-refractivity contribution is -0.121. The molecule has 4 rings (SSSR count). The molecule has 0 bridgehead atoms. The summed E-state index contributed by atoms with van der Waals surface area (Å²) in [6, 6.07) is 8.26. The van der Waals surface area contributed by atoms with Crippen LogP contribution in [-0.2, 0) is 17.8 Å². The van der Waals surface area contributed by atoms with E-state index >= 15 is 0 Å². The van der Waals surface area contributed by atoms with Crippen LogP contribution in [-0.4, -0.2) is 35.6 Å². The summed E-state index contributed by atoms with van der Waals surface area (Å²) in [5.41, 5.74) is 4.51. The van der Waals surface area contributed by atoms with Crippen LogP contribution in [0.4, 0.5) is 5.69 Å². The summed E-state index contributed by atoms with van der Waals surface area (Å²) in [7, 11) is 0. The van der Waals surface area contributed by atoms with Gasteiger partial charge in [-0.25, -0.2) is 0 Å². The van der Waals surface area contributed by atoms with E-state index in [1.807, 2.05) is 30.9 Å². The van der Waals surface area contributed by atoms with Gasteiger partial charge in [-0.15, -0.1) is 0 Å². The average molecular weight is 325 g/mol. The van der Waals surface area contributed by atoms with Gasteiger partial charge in [0.05, 0.1) is 11.6 Å². The van der Waals surface area contributed by atoms with Crippen LogP contribution in [0.25, 0.3) is 0 Å². The maximum atomic E-state index is 13.0. The molecule has 1 unspecified atom stereocenters. The summed E-state index contributed by atoms with van der Waals surface area (Å²) in [6.07, 6.45) is 1.90. The number of para-hydroxylation sites is 1. The van der Waals surface area contributed by atoms with E-state index in [0.717, 1.165) is 61.7 Å². The molecule has 1 atom stereocenters. The van der Waals surface area contributed by atoms with Gasteiger partial charge in [0.2, 0.25) is 5.91 Å². The lowest BCUT2D eigenvalue weighted by Gasteiger charge is -2.22. The van der Waals surface area contributed by atoms with Crippen LogP contribution >= 0.6 is 0 Å². The molecule has 5 nitrogen and oxygen atoms in total. The summed E-state index contributed by atoms with van der Waals surface area (Å²) in [5.74, 6) is 1.26. The van der Waals surface area contributed by atoms with E-state index in [0.29, 0.717) is 0 Å². The van der Waals surface area contributed by atoms with Crippen molar-refractivity contribution in [2.75, 3.05) is 24.5 Å². The van der Waals surface area contributed by atoms with Gasteiger partial charge in [-0.3, -0.25) is 9.69 Å². The van der Waals surface area contributed by atoms with Crippen LogP contribution in [0, 0.1) is 19.8 Å². The van der Waals surface area contributed by atoms with Gasteiger partial charge in [0, 0.05) is 30.9 Å². The van der Waals surface area contributed by atoms with E-state index in [4.69, 9.17) is 4.52 Å². The summed E-state index contributed by atoms with van der Waals surface area (Å²) in [5, 5.41) is 4.02. The van der Waals surface area contributed by atoms with Crippen molar-refractivity contribution >= 4 is 11.6 Å². The van der Waals surface area contributed by atoms with Crippen molar-refractivity contribution in [1.29, 1.82) is 0 Å². The second-order valence-electron chi connectivity index (χ2n) is 6.89. The highest BCUT2D eigenvalue weighted by Crippen LogP contribution is 2.31. The number of carbonyl (C=O) groups excluding carboxylic acids is 1. The first-order valence-corrected chi connectivity index (χ1v) is 8.67. The van der Waals surface area contributed by atoms with Crippen LogP contribution in [0.1, 0.15) is 29.0 Å². The van der Waals surface area contributed by atoms with E-state index in [1.165, 1.54) is 5.56 Å². The highest BCUT2D eigenvalue weighted by Gasteiger charge is 2.34. The monoisotopic (exact) mass is 325 g/mol. The van der Waals surface area contributed by atoms with Crippen molar-refractivity contribution in [3.05, 3.63) is 46.8 Å². The standard InChI is InChI=1S/C19H23N3O2/c1-13-17(14(2)24-20-13)12-21-9-7-16(11-21)19(23)22-10-8-15-5-3-4-6-18(15)22/h3-6,16H,7-12H2,1-2H3. The minimum Gasteiger partial charge on any atom is -0.361 e. The quantitative estimate of drug-likeness (QED) is 0.870. The number of hydrogen-bond acceptors (Lipinski definition) is 4. The second-order valence-corrected chi connectivity index (χ2v) is 6.89. The van der Waals surface area contributed by atoms with Gasteiger partial charge in [-0.1, -0.05) is 23.4 Å². The molecule has 24 heavy (non-hydrogen) atoms. The molecular weight excluding hydrogens is 302 g/mol. The Morgan fingerprint density at radius 2 is 2.12 bits per heavy atom. The van der Waals surface area contributed by atoms with E-state index < -0.39 is 0 Å². The molecule has 0 aliphatic carbocycles. The summed E-state index contributed by atoms with van der Waals surface area (Å²) in [4.78, 5) is 17.3. The van der Waals surface area contributed by atoms with Crippen LogP contribution in [0.2, 0.25) is 0 Å². The number of rotatable bonds is 3. The number of hydrogen-bond donors (Lipinski definition) is 0. The molecule has 2 aromatic rings. The van der Waals surface area contributed by atoms with Gasteiger partial charge in [0.15, 0.2) is 0 Å². The molecule has 3 heterocycles. The molecule has 1 aromatic heterocycles. The number of carbonyl (C=O) groups is 1. The van der Waals surface area contributed by atoms with Gasteiger partial charge in [0.25, 0.3) is 0 Å². The van der Waals surface area contributed by atoms with E-state index in [-0.39, 0.29) is 11.8 Å². The first-order chi connectivity index (χ1) is 11.6. The summed E-state index contributed by atoms with van der Waals surface area (Å²) >= 11 is 0. The Morgan fingerprint density at radius 1 is 1.29 bits per heavy atom. The SMILES string of the molecule is Cc1noc(C)c1CN1CCC(C(=O)N2CCc3ccccc32)C1.